The lowest BCUT2D eigenvalue weighted by atomic mass is 9.59. The zero-order valence-electron chi connectivity index (χ0n) is 69.7. The van der Waals surface area contributed by atoms with Crippen LogP contribution in [0.1, 0.15) is 301 Å². The van der Waals surface area contributed by atoms with E-state index in [2.05, 4.69) is 219 Å². The molecule has 4 saturated carbocycles. The molecule has 0 spiro atoms. The van der Waals surface area contributed by atoms with Crippen molar-refractivity contribution in [2.45, 2.75) is 310 Å². The molecule has 0 saturated heterocycles. The first-order valence-electron chi connectivity index (χ1n) is 40.8. The Balaban J connectivity index is 0.000000179. The molecule has 0 aliphatic heterocycles. The van der Waals surface area contributed by atoms with Crippen LogP contribution in [-0.4, -0.2) is 131 Å². The number of carboxylic acid groups (broad SMARTS) is 3. The number of rotatable bonds is 34. The topological polar surface area (TPSA) is 314 Å². The molecule has 0 amide bonds. The fourth-order valence-corrected chi connectivity index (χ4v) is 16.2. The van der Waals surface area contributed by atoms with Crippen molar-refractivity contribution in [3.8, 4) is 17.2 Å². The zero-order chi connectivity index (χ0) is 80.4. The molecule has 9 N–H and O–H groups in total. The number of hydrogen-bond acceptors (Lipinski definition) is 15. The van der Waals surface area contributed by atoms with Gasteiger partial charge in [-0.3, -0.25) is 20.1 Å². The summed E-state index contributed by atoms with van der Waals surface area (Å²) in [4.78, 5) is 33.9. The Bertz CT molecular complexity index is 4560. The minimum atomic E-state index is -0.976. The largest absolute Gasteiger partial charge is 0.493 e. The van der Waals surface area contributed by atoms with E-state index in [-0.39, 0.29) is 44.3 Å². The maximum absolute atomic E-state index is 11.6. The van der Waals surface area contributed by atoms with Gasteiger partial charge in [-0.2, -0.15) is 0 Å². The number of hydrogen-bond donors (Lipinski definition) is 9. The summed E-state index contributed by atoms with van der Waals surface area (Å²) in [6.07, 6.45) is 17.3. The van der Waals surface area contributed by atoms with Crippen LogP contribution < -0.4 is 30.2 Å². The van der Waals surface area contributed by atoms with E-state index in [1.807, 2.05) is 47.1 Å². The van der Waals surface area contributed by atoms with Crippen LogP contribution in [0.25, 0.3) is 16.9 Å². The molecule has 2 atom stereocenters. The number of carbonyl (C=O) groups is 3. The Morgan fingerprint density at radius 1 is 0.577 bits per heavy atom. The van der Waals surface area contributed by atoms with Crippen LogP contribution in [0.4, 0.5) is 0 Å². The number of benzene rings is 3. The summed E-state index contributed by atoms with van der Waals surface area (Å²) < 4.78 is 23.8. The van der Waals surface area contributed by atoms with Gasteiger partial charge in [-0.05, 0) is 149 Å². The van der Waals surface area contributed by atoms with E-state index in [9.17, 15) is 24.6 Å². The van der Waals surface area contributed by atoms with Gasteiger partial charge in [-0.25, -0.2) is 23.1 Å². The van der Waals surface area contributed by atoms with Crippen LogP contribution in [-0.2, 0) is 72.9 Å². The molecule has 3 aromatic carbocycles. The van der Waals surface area contributed by atoms with Crippen LogP contribution in [0.2, 0.25) is 0 Å². The van der Waals surface area contributed by atoms with Crippen molar-refractivity contribution in [3.63, 3.8) is 0 Å². The van der Waals surface area contributed by atoms with Crippen LogP contribution in [0.3, 0.4) is 0 Å². The van der Waals surface area contributed by atoms with Crippen LogP contribution in [0, 0.1) is 18.3 Å². The molecular weight excluding hydrogens is 1400 g/mol. The Hall–Kier alpha value is -8.61. The third-order valence-electron chi connectivity index (χ3n) is 23.4. The average Bonchev–Trinajstić information content (AvgIpc) is 1.62. The van der Waals surface area contributed by atoms with Crippen molar-refractivity contribution in [3.05, 3.63) is 141 Å². The summed E-state index contributed by atoms with van der Waals surface area (Å²) in [6, 6.07) is 25.0. The molecule has 9 aromatic rings. The number of fused-ring (bicyclic) bond motifs is 6. The van der Waals surface area contributed by atoms with Gasteiger partial charge in [-0.15, -0.1) is 30.6 Å². The van der Waals surface area contributed by atoms with E-state index in [0.29, 0.717) is 69.6 Å². The van der Waals surface area contributed by atoms with Gasteiger partial charge in [0.25, 0.3) is 0 Å². The number of nitrogens with one attached hydrogen (secondary N) is 6. The highest BCUT2D eigenvalue weighted by Gasteiger charge is 2.44. The second kappa shape index (κ2) is 35.6. The molecule has 13 rings (SSSR count). The van der Waals surface area contributed by atoms with Crippen LogP contribution >= 0.6 is 0 Å². The summed E-state index contributed by atoms with van der Waals surface area (Å²) in [5.74, 6) is 3.58. The monoisotopic (exact) mass is 1530 g/mol. The molecule has 24 heteroatoms. The van der Waals surface area contributed by atoms with Crippen molar-refractivity contribution in [2.24, 2.45) is 11.3 Å². The SMILES string of the molecule is CCC(C)(C)CC(C)(C)c1ccc(OC(C)C(=O)O)c(CNCC(C)(C)c2nnc3cc(C45CCC(CC4)CC5)[nH]n23)c1.CCC(Oc1ccc(C2CCCCC2)cc1CNCCCc1nnc2cc(C(C)(C)C)[nH]n12)C(=O)O.Cc1ccc(OCCCC(=O)O)c(CNCC(C)(C)c2nnc3cc(C(C)(C)C)[nH]n23)c1. The molecular formula is C87H129N15O9. The minimum Gasteiger partial charge on any atom is -0.493 e. The average molecular weight is 1530 g/mol. The lowest BCUT2D eigenvalue weighted by molar-refractivity contribution is -0.145. The molecule has 4 aliphatic rings. The van der Waals surface area contributed by atoms with E-state index >= 15 is 0 Å². The summed E-state index contributed by atoms with van der Waals surface area (Å²) in [7, 11) is 0. The first-order valence-corrected chi connectivity index (χ1v) is 40.8. The normalized spacial score (nSPS) is 17.2. The second-order valence-corrected chi connectivity index (χ2v) is 36.8. The zero-order valence-corrected chi connectivity index (χ0v) is 69.7. The van der Waals surface area contributed by atoms with Gasteiger partial charge in [-0.1, -0.05) is 178 Å². The molecule has 0 radical (unpaired) electrons. The van der Waals surface area contributed by atoms with E-state index in [4.69, 9.17) is 19.3 Å². The Morgan fingerprint density at radius 2 is 1.12 bits per heavy atom. The number of H-pyrrole nitrogens is 3. The van der Waals surface area contributed by atoms with Crippen molar-refractivity contribution in [2.75, 3.05) is 26.2 Å². The Labute approximate surface area is 656 Å². The first kappa shape index (κ1) is 84.8. The van der Waals surface area contributed by atoms with Gasteiger partial charge in [0.1, 0.15) is 17.2 Å². The van der Waals surface area contributed by atoms with E-state index in [1.165, 1.54) is 87.4 Å². The smallest absolute Gasteiger partial charge is 0.344 e. The molecule has 24 nitrogen and oxygen atoms in total. The second-order valence-electron chi connectivity index (χ2n) is 36.8. The molecule has 6 aromatic heterocycles. The number of aryl methyl sites for hydroxylation is 2. The van der Waals surface area contributed by atoms with Gasteiger partial charge in [0.05, 0.1) is 6.61 Å². The van der Waals surface area contributed by atoms with Crippen molar-refractivity contribution < 1.29 is 43.9 Å². The molecule has 4 aliphatic carbocycles. The van der Waals surface area contributed by atoms with Gasteiger partial charge in [0, 0.05) is 125 Å². The van der Waals surface area contributed by atoms with E-state index in [1.54, 1.807) is 6.92 Å². The number of aliphatic carboxylic acids is 3. The van der Waals surface area contributed by atoms with Crippen molar-refractivity contribution in [1.82, 2.24) is 75.4 Å². The number of nitrogens with zero attached hydrogens (tertiary/aromatic N) is 9. The fourth-order valence-electron chi connectivity index (χ4n) is 16.2. The van der Waals surface area contributed by atoms with Gasteiger partial charge in [0.2, 0.25) is 0 Å². The summed E-state index contributed by atoms with van der Waals surface area (Å²) in [6.45, 7) is 43.0. The maximum atomic E-state index is 11.6. The maximum Gasteiger partial charge on any atom is 0.344 e. The molecule has 606 valence electrons. The van der Waals surface area contributed by atoms with Crippen molar-refractivity contribution >= 4 is 34.8 Å². The van der Waals surface area contributed by atoms with E-state index < -0.39 is 30.1 Å². The third kappa shape index (κ3) is 21.6. The quantitative estimate of drug-likeness (QED) is 0.0169. The van der Waals surface area contributed by atoms with E-state index in [0.717, 1.165) is 112 Å². The number of ether oxygens (including phenoxy) is 3. The lowest BCUT2D eigenvalue weighted by Gasteiger charge is -2.46. The highest BCUT2D eigenvalue weighted by atomic mass is 16.5. The third-order valence-corrected chi connectivity index (χ3v) is 23.4. The van der Waals surface area contributed by atoms with Gasteiger partial charge >= 0.3 is 17.9 Å². The minimum absolute atomic E-state index is 0.00635. The lowest BCUT2D eigenvalue weighted by Crippen LogP contribution is -2.38. The summed E-state index contributed by atoms with van der Waals surface area (Å²) >= 11 is 0. The number of aromatic nitrogens is 12. The van der Waals surface area contributed by atoms with Crippen molar-refractivity contribution in [1.29, 1.82) is 0 Å². The molecule has 2 bridgehead atoms. The van der Waals surface area contributed by atoms with Gasteiger partial charge < -0.3 is 45.5 Å². The van der Waals surface area contributed by atoms with Crippen LogP contribution in [0.5, 0.6) is 17.2 Å². The Morgan fingerprint density at radius 3 is 1.70 bits per heavy atom. The highest BCUT2D eigenvalue weighted by molar-refractivity contribution is 5.73. The predicted octanol–water partition coefficient (Wildman–Crippen LogP) is 16.6. The molecule has 111 heavy (non-hydrogen) atoms. The highest BCUT2D eigenvalue weighted by Crippen LogP contribution is 2.52. The summed E-state index contributed by atoms with van der Waals surface area (Å²) in [5.41, 5.74) is 12.8. The molecule has 2 unspecified atom stereocenters. The van der Waals surface area contributed by atoms with Gasteiger partial charge in [0.15, 0.2) is 46.6 Å². The molecule has 4 fully saturated rings. The number of aromatic amines is 3. The first-order chi connectivity index (χ1) is 52.4. The fraction of sp³-hybridized carbons (Fsp3) is 0.621. The van der Waals surface area contributed by atoms with Crippen LogP contribution in [0.15, 0.2) is 72.8 Å². The standard InChI is InChI=1S/C35H53N5O3.C28H41N5O3.C24H35N5O3/c1-9-32(3,4)21-33(5,6)26-10-11-27(43-23(2)30(41)42)25(18-26)20-36-22-34(7,8)31-38-37-29-19-28(39-40(29)31)35-15-12-24(13-16-35)14-17-35;1-5-22(27(34)35)36-23-14-13-20(19-10-7-6-8-11-19)16-21(23)18-29-15-9-12-25-30-31-26-17-24(28(2,3)4)32-33(25)26;1-16-9-10-18(32-11-7-8-21(30)31)17(12-16)14-25-15-24(5,6)22-27-26-20-13-19(23(2,3)4)28-29(20)22/h10-11,18-19,23-24,36,39H,9,12-17,20-22H2,1-8H3,(H,41,42);13-14,16-17,19,22,29,32H,5-12,15,18H2,1-4H3,(H,34,35);9-10,12-13,25,28H,7-8,11,14-15H2,1-6H3,(H,30,31). The number of carboxylic acids is 3. The predicted molar refractivity (Wildman–Crippen MR) is 436 cm³/mol. The summed E-state index contributed by atoms with van der Waals surface area (Å²) in [5, 5.41) is 75.8. The Kier molecular flexibility index (Phi) is 27.2. The molecule has 6 heterocycles.